The lowest BCUT2D eigenvalue weighted by molar-refractivity contribution is -0.166. The highest BCUT2D eigenvalue weighted by Crippen LogP contribution is 2.49. The predicted octanol–water partition coefficient (Wildman–Crippen LogP) is 6.83. The number of likely N-dealkylation sites (tertiary alicyclic amines) is 1. The van der Waals surface area contributed by atoms with Gasteiger partial charge in [-0.15, -0.1) is 0 Å². The molecule has 0 saturated carbocycles. The lowest BCUT2D eigenvalue weighted by atomic mass is 9.96. The van der Waals surface area contributed by atoms with Crippen molar-refractivity contribution in [2.75, 3.05) is 20.1 Å². The van der Waals surface area contributed by atoms with Gasteiger partial charge in [-0.25, -0.2) is 24.0 Å². The Hall–Kier alpha value is -5.23. The first-order valence-corrected chi connectivity index (χ1v) is 17.7. The minimum Gasteiger partial charge on any atom is -0.478 e. The molecule has 5 rings (SSSR count). The predicted molar refractivity (Wildman–Crippen MR) is 193 cm³/mol. The van der Waals surface area contributed by atoms with Crippen LogP contribution in [0.1, 0.15) is 107 Å². The van der Waals surface area contributed by atoms with Crippen LogP contribution in [-0.4, -0.2) is 77.4 Å². The third-order valence-corrected chi connectivity index (χ3v) is 9.29. The minimum absolute atomic E-state index is 0.0332. The van der Waals surface area contributed by atoms with E-state index < -0.39 is 36.1 Å². The number of aliphatic carboxylic acids is 2. The summed E-state index contributed by atoms with van der Waals surface area (Å²) in [5.74, 6) is -4.32. The molecule has 1 heterocycles. The van der Waals surface area contributed by atoms with Crippen LogP contribution in [0.4, 0.5) is 4.79 Å². The molecule has 2 unspecified atom stereocenters. The second kappa shape index (κ2) is 18.8. The van der Waals surface area contributed by atoms with Crippen molar-refractivity contribution in [3.05, 3.63) is 100 Å². The average molecular weight is 717 g/mol. The molecule has 0 radical (unpaired) electrons. The maximum atomic E-state index is 12.2. The van der Waals surface area contributed by atoms with Crippen molar-refractivity contribution < 1.29 is 48.4 Å². The maximum Gasteiger partial charge on any atom is 0.412 e. The van der Waals surface area contributed by atoms with Crippen LogP contribution in [0.5, 0.6) is 5.75 Å². The fraction of sp³-hybridized carbons (Fsp3) is 0.425. The highest BCUT2D eigenvalue weighted by Gasteiger charge is 2.41. The highest BCUT2D eigenvalue weighted by atomic mass is 16.6. The molecule has 52 heavy (non-hydrogen) atoms. The van der Waals surface area contributed by atoms with Gasteiger partial charge in [0.2, 0.25) is 12.2 Å². The largest absolute Gasteiger partial charge is 0.478 e. The quantitative estimate of drug-likeness (QED) is 0.118. The van der Waals surface area contributed by atoms with Gasteiger partial charge in [0.25, 0.3) is 0 Å². The van der Waals surface area contributed by atoms with Crippen molar-refractivity contribution in [1.82, 2.24) is 10.2 Å². The number of carboxylic acid groups (broad SMARTS) is 2. The molecule has 3 aromatic rings. The first-order valence-electron chi connectivity index (χ1n) is 17.7. The number of fused-ring (bicyclic) bond motifs is 5. The number of rotatable bonds is 14. The zero-order valence-electron chi connectivity index (χ0n) is 30.1. The molecule has 1 fully saturated rings. The summed E-state index contributed by atoms with van der Waals surface area (Å²) in [4.78, 5) is 61.7. The van der Waals surface area contributed by atoms with Gasteiger partial charge < -0.3 is 29.7 Å². The maximum absolute atomic E-state index is 12.2. The van der Waals surface area contributed by atoms with E-state index in [4.69, 9.17) is 14.2 Å². The summed E-state index contributed by atoms with van der Waals surface area (Å²) in [5, 5.41) is 21.5. The van der Waals surface area contributed by atoms with E-state index in [1.165, 1.54) is 73.9 Å². The number of unbranched alkanes of at least 4 members (excludes halogenated alkanes) is 4. The monoisotopic (exact) mass is 716 g/mol. The molecule has 4 atom stereocenters. The summed E-state index contributed by atoms with van der Waals surface area (Å²) >= 11 is 0. The van der Waals surface area contributed by atoms with Gasteiger partial charge in [-0.3, -0.25) is 4.90 Å². The number of amides is 1. The van der Waals surface area contributed by atoms with Crippen molar-refractivity contribution in [3.8, 4) is 5.75 Å². The number of carbonyl (C=O) groups is 5. The lowest BCUT2D eigenvalue weighted by Crippen LogP contribution is -2.45. The third-order valence-electron chi connectivity index (χ3n) is 9.29. The van der Waals surface area contributed by atoms with Crippen molar-refractivity contribution in [1.29, 1.82) is 0 Å². The van der Waals surface area contributed by atoms with Crippen molar-refractivity contribution in [2.24, 2.45) is 0 Å². The van der Waals surface area contributed by atoms with Crippen LogP contribution < -0.4 is 10.1 Å². The van der Waals surface area contributed by atoms with Crippen molar-refractivity contribution >= 4 is 30.0 Å². The standard InChI is InChI=1S/C20H30N2O2.C20H18O8/c1-3-4-5-6-7-11-21-20(23)24-16-8-9-17-18(14-16)15-10-12-22(2)19(17)13-15;1-11-3-7-13(8-4-11)19(25)27-15(17(21)22)16(18(23)24)28-20(26)14-9-5-12(2)6-10-14/h8-9,14-15,19H,3-7,10-13H2,1-2H3,(H,21,23);3-10,15-16H,1-2H3,(H,21,22)(H,23,24)/t;15-,16-/m.1/s1. The number of carbonyl (C=O) groups excluding carboxylic acids is 3. The highest BCUT2D eigenvalue weighted by molar-refractivity contribution is 5.95. The van der Waals surface area contributed by atoms with Gasteiger partial charge in [-0.2, -0.15) is 0 Å². The fourth-order valence-electron chi connectivity index (χ4n) is 6.29. The molecule has 278 valence electrons. The smallest absolute Gasteiger partial charge is 0.412 e. The van der Waals surface area contributed by atoms with Crippen LogP contribution in [0, 0.1) is 13.8 Å². The average Bonchev–Trinajstić information content (AvgIpc) is 3.42. The molecule has 2 aliphatic rings. The molecular formula is C40H48N2O10. The Bertz CT molecular complexity index is 1630. The van der Waals surface area contributed by atoms with Gasteiger partial charge in [-0.05, 0) is 100 Å². The second-order valence-electron chi connectivity index (χ2n) is 13.3. The zero-order chi connectivity index (χ0) is 37.8. The molecule has 3 aromatic carbocycles. The molecule has 12 nitrogen and oxygen atoms in total. The molecule has 0 spiro atoms. The van der Waals surface area contributed by atoms with E-state index in [9.17, 15) is 34.2 Å². The number of nitrogens with zero attached hydrogens (tertiary/aromatic N) is 1. The van der Waals surface area contributed by atoms with E-state index >= 15 is 0 Å². The molecule has 0 aromatic heterocycles. The van der Waals surface area contributed by atoms with Crippen LogP contribution in [0.15, 0.2) is 66.7 Å². The molecule has 12 heteroatoms. The number of nitrogens with one attached hydrogen (secondary N) is 1. The number of piperidine rings is 1. The second-order valence-corrected chi connectivity index (χ2v) is 13.3. The van der Waals surface area contributed by atoms with Crippen LogP contribution in [-0.2, 0) is 19.1 Å². The number of esters is 2. The molecule has 1 aliphatic carbocycles. The SMILES string of the molecule is CCCCCCCNC(=O)Oc1ccc2c(c1)C1CCN(C)C2C1.Cc1ccc(C(=O)O[C@@H](C(=O)O)[C@@H](OC(=O)c2ccc(C)cc2)C(=O)O)cc1. The van der Waals surface area contributed by atoms with Crippen LogP contribution in [0.25, 0.3) is 0 Å². The number of hydrogen-bond acceptors (Lipinski definition) is 9. The Morgan fingerprint density at radius 2 is 1.31 bits per heavy atom. The van der Waals surface area contributed by atoms with E-state index in [0.29, 0.717) is 24.3 Å². The summed E-state index contributed by atoms with van der Waals surface area (Å²) in [6.45, 7) is 7.64. The summed E-state index contributed by atoms with van der Waals surface area (Å²) in [5.41, 5.74) is 4.60. The Morgan fingerprint density at radius 3 is 1.83 bits per heavy atom. The molecule has 1 aliphatic heterocycles. The summed E-state index contributed by atoms with van der Waals surface area (Å²) in [6.07, 6.45) is 3.59. The van der Waals surface area contributed by atoms with Gasteiger partial charge in [0.05, 0.1) is 11.1 Å². The first kappa shape index (κ1) is 39.6. The lowest BCUT2D eigenvalue weighted by Gasteiger charge is -2.29. The van der Waals surface area contributed by atoms with Crippen molar-refractivity contribution in [3.63, 3.8) is 0 Å². The minimum atomic E-state index is -2.22. The fourth-order valence-corrected chi connectivity index (χ4v) is 6.29. The third kappa shape index (κ3) is 10.9. The van der Waals surface area contributed by atoms with Gasteiger partial charge in [0, 0.05) is 12.6 Å². The van der Waals surface area contributed by atoms with Gasteiger partial charge >= 0.3 is 30.0 Å². The van der Waals surface area contributed by atoms with Gasteiger partial charge in [0.1, 0.15) is 5.75 Å². The number of ether oxygens (including phenoxy) is 3. The number of hydrogen-bond donors (Lipinski definition) is 3. The Kier molecular flexibility index (Phi) is 14.3. The normalized spacial score (nSPS) is 17.0. The summed E-state index contributed by atoms with van der Waals surface area (Å²) < 4.78 is 15.1. The van der Waals surface area contributed by atoms with E-state index in [2.05, 4.69) is 36.3 Å². The van der Waals surface area contributed by atoms with Crippen LogP contribution in [0.3, 0.4) is 0 Å². The first-order chi connectivity index (χ1) is 24.9. The van der Waals surface area contributed by atoms with E-state index in [0.717, 1.165) is 24.1 Å². The van der Waals surface area contributed by atoms with Gasteiger partial charge in [0.15, 0.2) is 0 Å². The Morgan fingerprint density at radius 1 is 0.769 bits per heavy atom. The molecule has 3 N–H and O–H groups in total. The molecule has 2 bridgehead atoms. The van der Waals surface area contributed by atoms with E-state index in [1.807, 2.05) is 6.07 Å². The number of aryl methyl sites for hydroxylation is 2. The number of benzene rings is 3. The van der Waals surface area contributed by atoms with E-state index in [-0.39, 0.29) is 17.2 Å². The molecule has 1 amide bonds. The Labute approximate surface area is 304 Å². The van der Waals surface area contributed by atoms with Gasteiger partial charge in [-0.1, -0.05) is 74.1 Å². The zero-order valence-corrected chi connectivity index (χ0v) is 30.1. The Balaban J connectivity index is 0.000000235. The molecular weight excluding hydrogens is 668 g/mol. The van der Waals surface area contributed by atoms with Crippen molar-refractivity contribution in [2.45, 2.75) is 89.9 Å². The van der Waals surface area contributed by atoms with Crippen LogP contribution in [0.2, 0.25) is 0 Å². The number of carboxylic acids is 2. The summed E-state index contributed by atoms with van der Waals surface area (Å²) in [7, 11) is 2.20. The topological polar surface area (TPSA) is 169 Å². The molecule has 1 saturated heterocycles. The summed E-state index contributed by atoms with van der Waals surface area (Å²) in [6, 6.07) is 18.8. The van der Waals surface area contributed by atoms with E-state index in [1.54, 1.807) is 38.1 Å². The van der Waals surface area contributed by atoms with Crippen LogP contribution >= 0.6 is 0 Å².